The Morgan fingerprint density at radius 1 is 1.47 bits per heavy atom. The van der Waals surface area contributed by atoms with Gasteiger partial charge in [0.15, 0.2) is 0 Å². The van der Waals surface area contributed by atoms with Crippen LogP contribution in [0.4, 0.5) is 17.6 Å². The van der Waals surface area contributed by atoms with Gasteiger partial charge in [0.25, 0.3) is 0 Å². The van der Waals surface area contributed by atoms with E-state index in [1.807, 2.05) is 6.07 Å². The summed E-state index contributed by atoms with van der Waals surface area (Å²) in [5.74, 6) is 2.44. The number of aromatic nitrogens is 2. The minimum absolute atomic E-state index is 0.281. The minimum atomic E-state index is 0.281. The van der Waals surface area contributed by atoms with Gasteiger partial charge in [0.2, 0.25) is 5.95 Å². The Kier molecular flexibility index (Phi) is 3.98. The molecule has 1 fully saturated rings. The highest BCUT2D eigenvalue weighted by molar-refractivity contribution is 5.50. The van der Waals surface area contributed by atoms with Crippen molar-refractivity contribution in [2.45, 2.75) is 12.8 Å². The average Bonchev–Trinajstić information content (AvgIpc) is 2.81. The summed E-state index contributed by atoms with van der Waals surface area (Å²) >= 11 is 0. The molecule has 94 valence electrons. The summed E-state index contributed by atoms with van der Waals surface area (Å²) in [7, 11) is 1.81. The largest absolute Gasteiger partial charge is 0.381 e. The molecule has 2 rings (SSSR count). The highest BCUT2D eigenvalue weighted by Gasteiger charge is 2.14. The second-order valence-corrected chi connectivity index (χ2v) is 4.19. The second-order valence-electron chi connectivity index (χ2n) is 4.19. The number of anilines is 3. The molecule has 0 spiro atoms. The Morgan fingerprint density at radius 3 is 3.00 bits per heavy atom. The minimum Gasteiger partial charge on any atom is -0.381 e. The van der Waals surface area contributed by atoms with Crippen molar-refractivity contribution in [3.8, 4) is 0 Å². The van der Waals surface area contributed by atoms with E-state index in [9.17, 15) is 0 Å². The Bertz CT molecular complexity index is 365. The molecule has 1 saturated heterocycles. The summed E-state index contributed by atoms with van der Waals surface area (Å²) in [5, 5.41) is 6.21. The molecule has 0 radical (unpaired) electrons. The van der Waals surface area contributed by atoms with Gasteiger partial charge in [-0.05, 0) is 18.8 Å². The molecule has 1 aliphatic heterocycles. The van der Waals surface area contributed by atoms with Crippen LogP contribution in [0.3, 0.4) is 0 Å². The predicted octanol–water partition coefficient (Wildman–Crippen LogP) is 0.939. The number of hydrogen-bond donors (Lipinski definition) is 3. The number of hydrogen-bond acceptors (Lipinski definition) is 6. The van der Waals surface area contributed by atoms with E-state index >= 15 is 0 Å². The molecule has 0 aromatic carbocycles. The summed E-state index contributed by atoms with van der Waals surface area (Å²) < 4.78 is 5.33. The molecule has 17 heavy (non-hydrogen) atoms. The second kappa shape index (κ2) is 5.67. The molecule has 1 aromatic heterocycles. The topological polar surface area (TPSA) is 85.1 Å². The third-order valence-electron chi connectivity index (χ3n) is 2.88. The zero-order chi connectivity index (χ0) is 12.1. The first kappa shape index (κ1) is 11.9. The molecule has 0 bridgehead atoms. The van der Waals surface area contributed by atoms with E-state index in [1.165, 1.54) is 0 Å². The lowest BCUT2D eigenvalue weighted by Crippen LogP contribution is -2.11. The van der Waals surface area contributed by atoms with Gasteiger partial charge in [0.05, 0.1) is 0 Å². The molecule has 0 aliphatic carbocycles. The Balaban J connectivity index is 1.83. The zero-order valence-corrected chi connectivity index (χ0v) is 10.1. The van der Waals surface area contributed by atoms with Crippen molar-refractivity contribution >= 4 is 17.6 Å². The van der Waals surface area contributed by atoms with Crippen LogP contribution >= 0.6 is 0 Å². The molecule has 1 aliphatic rings. The molecule has 6 nitrogen and oxygen atoms in total. The maximum absolute atomic E-state index is 5.61. The van der Waals surface area contributed by atoms with Gasteiger partial charge in [0.1, 0.15) is 11.6 Å². The summed E-state index contributed by atoms with van der Waals surface area (Å²) in [4.78, 5) is 8.16. The maximum Gasteiger partial charge on any atom is 0.223 e. The number of ether oxygens (including phenoxy) is 1. The van der Waals surface area contributed by atoms with E-state index in [1.54, 1.807) is 7.05 Å². The molecule has 2 heterocycles. The van der Waals surface area contributed by atoms with Crippen LogP contribution in [0.1, 0.15) is 12.8 Å². The maximum atomic E-state index is 5.61. The van der Waals surface area contributed by atoms with Crippen LogP contribution in [0, 0.1) is 5.92 Å². The van der Waals surface area contributed by atoms with Gasteiger partial charge >= 0.3 is 0 Å². The molecule has 0 amide bonds. The molecule has 1 aromatic rings. The van der Waals surface area contributed by atoms with Crippen LogP contribution in [0.15, 0.2) is 6.07 Å². The van der Waals surface area contributed by atoms with E-state index in [2.05, 4.69) is 20.6 Å². The summed E-state index contributed by atoms with van der Waals surface area (Å²) in [5.41, 5.74) is 5.61. The van der Waals surface area contributed by atoms with Gasteiger partial charge in [0, 0.05) is 32.9 Å². The normalized spacial score (nSPS) is 19.2. The van der Waals surface area contributed by atoms with E-state index in [-0.39, 0.29) is 5.95 Å². The van der Waals surface area contributed by atoms with Crippen molar-refractivity contribution < 1.29 is 4.74 Å². The summed E-state index contributed by atoms with van der Waals surface area (Å²) in [6, 6.07) is 1.85. The lowest BCUT2D eigenvalue weighted by atomic mass is 10.1. The van der Waals surface area contributed by atoms with Gasteiger partial charge in [-0.1, -0.05) is 0 Å². The molecule has 1 unspecified atom stereocenters. The predicted molar refractivity (Wildman–Crippen MR) is 68.0 cm³/mol. The number of nitrogens with one attached hydrogen (secondary N) is 2. The van der Waals surface area contributed by atoms with Crippen molar-refractivity contribution in [1.82, 2.24) is 9.97 Å². The lowest BCUT2D eigenvalue weighted by Gasteiger charge is -2.10. The van der Waals surface area contributed by atoms with Crippen molar-refractivity contribution in [3.63, 3.8) is 0 Å². The fourth-order valence-electron chi connectivity index (χ4n) is 1.90. The van der Waals surface area contributed by atoms with Crippen molar-refractivity contribution in [2.75, 3.05) is 43.2 Å². The van der Waals surface area contributed by atoms with Crippen LogP contribution in [-0.2, 0) is 4.74 Å². The van der Waals surface area contributed by atoms with Gasteiger partial charge < -0.3 is 21.1 Å². The van der Waals surface area contributed by atoms with E-state index in [0.717, 1.165) is 44.2 Å². The van der Waals surface area contributed by atoms with Crippen LogP contribution in [-0.4, -0.2) is 36.8 Å². The van der Waals surface area contributed by atoms with Crippen LogP contribution in [0.2, 0.25) is 0 Å². The first-order chi connectivity index (χ1) is 8.28. The van der Waals surface area contributed by atoms with Crippen molar-refractivity contribution in [1.29, 1.82) is 0 Å². The fraction of sp³-hybridized carbons (Fsp3) is 0.636. The van der Waals surface area contributed by atoms with E-state index < -0.39 is 0 Å². The third-order valence-corrected chi connectivity index (χ3v) is 2.88. The first-order valence-corrected chi connectivity index (χ1v) is 5.92. The lowest BCUT2D eigenvalue weighted by molar-refractivity contribution is 0.185. The standard InChI is InChI=1S/C11H19N5O/c1-13-9-6-10(16-11(12)15-9)14-4-2-8-3-5-17-7-8/h6,8H,2-5,7H2,1H3,(H4,12,13,14,15,16). The number of rotatable bonds is 5. The SMILES string of the molecule is CNc1cc(NCCC2CCOC2)nc(N)n1. The van der Waals surface area contributed by atoms with Crippen molar-refractivity contribution in [2.24, 2.45) is 5.92 Å². The third kappa shape index (κ3) is 3.45. The Morgan fingerprint density at radius 2 is 2.29 bits per heavy atom. The van der Waals surface area contributed by atoms with Gasteiger partial charge in [-0.15, -0.1) is 0 Å². The molecular weight excluding hydrogens is 218 g/mol. The van der Waals surface area contributed by atoms with E-state index in [4.69, 9.17) is 10.5 Å². The number of nitrogens with two attached hydrogens (primary N) is 1. The molecular formula is C11H19N5O. The Hall–Kier alpha value is -1.56. The van der Waals surface area contributed by atoms with Gasteiger partial charge in [-0.2, -0.15) is 9.97 Å². The smallest absolute Gasteiger partial charge is 0.223 e. The average molecular weight is 237 g/mol. The summed E-state index contributed by atoms with van der Waals surface area (Å²) in [6.07, 6.45) is 2.26. The van der Waals surface area contributed by atoms with Crippen LogP contribution in [0.5, 0.6) is 0 Å². The van der Waals surface area contributed by atoms with Crippen LogP contribution < -0.4 is 16.4 Å². The molecule has 1 atom stereocenters. The van der Waals surface area contributed by atoms with Gasteiger partial charge in [-0.3, -0.25) is 0 Å². The molecule has 4 N–H and O–H groups in total. The van der Waals surface area contributed by atoms with Crippen LogP contribution in [0.25, 0.3) is 0 Å². The molecule has 6 heteroatoms. The van der Waals surface area contributed by atoms with E-state index in [0.29, 0.717) is 5.92 Å². The quantitative estimate of drug-likeness (QED) is 0.706. The number of nitrogens with zero attached hydrogens (tertiary/aromatic N) is 2. The van der Waals surface area contributed by atoms with Crippen molar-refractivity contribution in [3.05, 3.63) is 6.07 Å². The number of nitrogen functional groups attached to an aromatic ring is 1. The monoisotopic (exact) mass is 237 g/mol. The highest BCUT2D eigenvalue weighted by Crippen LogP contribution is 2.17. The molecule has 0 saturated carbocycles. The fourth-order valence-corrected chi connectivity index (χ4v) is 1.90. The Labute approximate surface area is 101 Å². The van der Waals surface area contributed by atoms with Gasteiger partial charge in [-0.25, -0.2) is 0 Å². The zero-order valence-electron chi connectivity index (χ0n) is 10.1. The summed E-state index contributed by atoms with van der Waals surface area (Å²) in [6.45, 7) is 2.66. The first-order valence-electron chi connectivity index (χ1n) is 5.92. The highest BCUT2D eigenvalue weighted by atomic mass is 16.5.